The van der Waals surface area contributed by atoms with Crippen LogP contribution < -0.4 is 5.43 Å². The predicted octanol–water partition coefficient (Wildman–Crippen LogP) is 6.49. The van der Waals surface area contributed by atoms with E-state index in [2.05, 4.69) is 27.6 Å². The molecular formula is C19H12F3N3S2. The zero-order valence-electron chi connectivity index (χ0n) is 13.7. The number of fused-ring (bicyclic) bond motifs is 1. The first-order valence-corrected chi connectivity index (χ1v) is 9.59. The van der Waals surface area contributed by atoms with Crippen LogP contribution in [-0.4, -0.2) is 11.2 Å². The zero-order chi connectivity index (χ0) is 18.9. The molecule has 1 N–H and O–H groups in total. The minimum atomic E-state index is -4.34. The van der Waals surface area contributed by atoms with Gasteiger partial charge in [-0.25, -0.2) is 4.98 Å². The van der Waals surface area contributed by atoms with E-state index in [1.165, 1.54) is 33.6 Å². The lowest BCUT2D eigenvalue weighted by molar-refractivity contribution is -0.137. The van der Waals surface area contributed by atoms with Gasteiger partial charge in [0.25, 0.3) is 0 Å². The van der Waals surface area contributed by atoms with Gasteiger partial charge in [0.2, 0.25) is 5.13 Å². The Kier molecular flexibility index (Phi) is 4.67. The van der Waals surface area contributed by atoms with E-state index < -0.39 is 11.7 Å². The summed E-state index contributed by atoms with van der Waals surface area (Å²) in [5, 5.41) is 7.71. The number of rotatable bonds is 4. The first kappa shape index (κ1) is 17.7. The molecule has 0 aliphatic carbocycles. The molecule has 0 radical (unpaired) electrons. The highest BCUT2D eigenvalue weighted by Gasteiger charge is 2.30. The molecule has 2 aromatic heterocycles. The number of halogens is 3. The van der Waals surface area contributed by atoms with E-state index in [1.807, 2.05) is 18.2 Å². The summed E-state index contributed by atoms with van der Waals surface area (Å²) in [6.45, 7) is 0. The van der Waals surface area contributed by atoms with Gasteiger partial charge < -0.3 is 0 Å². The molecule has 4 aromatic rings. The fourth-order valence-electron chi connectivity index (χ4n) is 2.50. The van der Waals surface area contributed by atoms with E-state index in [1.54, 1.807) is 22.9 Å². The molecule has 0 unspecified atom stereocenters. The molecule has 0 amide bonds. The second-order valence-electron chi connectivity index (χ2n) is 5.67. The standard InChI is InChI=1S/C19H12F3N3S2/c20-19(21,22)14-7-5-12(6-8-14)16-11-26-18(24-16)25-23-10-15-9-13-3-1-2-4-17(13)27-15/h1-11H,(H,24,25)/b23-10+. The van der Waals surface area contributed by atoms with Crippen molar-refractivity contribution < 1.29 is 13.2 Å². The Hall–Kier alpha value is -2.71. The lowest BCUT2D eigenvalue weighted by Crippen LogP contribution is -2.03. The van der Waals surface area contributed by atoms with E-state index in [0.29, 0.717) is 16.4 Å². The first-order chi connectivity index (χ1) is 13.0. The fraction of sp³-hybridized carbons (Fsp3) is 0.0526. The van der Waals surface area contributed by atoms with Gasteiger partial charge in [0.15, 0.2) is 0 Å². The number of aromatic nitrogens is 1. The molecule has 0 atom stereocenters. The van der Waals surface area contributed by atoms with Gasteiger partial charge >= 0.3 is 6.18 Å². The van der Waals surface area contributed by atoms with Crippen molar-refractivity contribution in [2.24, 2.45) is 5.10 Å². The SMILES string of the molecule is FC(F)(F)c1ccc(-c2csc(N/N=C/c3cc4ccccc4s3)n2)cc1. The van der Waals surface area contributed by atoms with Crippen molar-refractivity contribution in [1.82, 2.24) is 4.98 Å². The largest absolute Gasteiger partial charge is 0.416 e. The lowest BCUT2D eigenvalue weighted by atomic mass is 10.1. The molecular weight excluding hydrogens is 391 g/mol. The first-order valence-electron chi connectivity index (χ1n) is 7.90. The number of hydrogen-bond acceptors (Lipinski definition) is 5. The third-order valence-corrected chi connectivity index (χ3v) is 5.61. The number of hydrazone groups is 1. The summed E-state index contributed by atoms with van der Waals surface area (Å²) in [5.74, 6) is 0. The second kappa shape index (κ2) is 7.13. The van der Waals surface area contributed by atoms with Gasteiger partial charge in [-0.2, -0.15) is 18.3 Å². The van der Waals surface area contributed by atoms with Gasteiger partial charge in [0.1, 0.15) is 0 Å². The van der Waals surface area contributed by atoms with Gasteiger partial charge in [-0.05, 0) is 29.7 Å². The molecule has 8 heteroatoms. The molecule has 0 fully saturated rings. The van der Waals surface area contributed by atoms with Crippen molar-refractivity contribution in [3.63, 3.8) is 0 Å². The summed E-state index contributed by atoms with van der Waals surface area (Å²) >= 11 is 2.98. The van der Waals surface area contributed by atoms with Crippen LogP contribution in [-0.2, 0) is 6.18 Å². The maximum Gasteiger partial charge on any atom is 0.416 e. The summed E-state index contributed by atoms with van der Waals surface area (Å²) in [6, 6.07) is 15.1. The molecule has 4 rings (SSSR count). The van der Waals surface area contributed by atoms with Gasteiger partial charge in [-0.15, -0.1) is 22.7 Å². The summed E-state index contributed by atoms with van der Waals surface area (Å²) < 4.78 is 39.1. The van der Waals surface area contributed by atoms with Crippen molar-refractivity contribution in [1.29, 1.82) is 0 Å². The number of thiazole rings is 1. The van der Waals surface area contributed by atoms with Crippen molar-refractivity contribution in [3.05, 3.63) is 70.4 Å². The van der Waals surface area contributed by atoms with Crippen molar-refractivity contribution >= 4 is 44.1 Å². The van der Waals surface area contributed by atoms with Crippen LogP contribution in [0.5, 0.6) is 0 Å². The molecule has 3 nitrogen and oxygen atoms in total. The summed E-state index contributed by atoms with van der Waals surface area (Å²) in [5.41, 5.74) is 3.42. The summed E-state index contributed by atoms with van der Waals surface area (Å²) in [4.78, 5) is 5.38. The minimum Gasteiger partial charge on any atom is -0.253 e. The molecule has 0 aliphatic heterocycles. The fourth-order valence-corrected chi connectivity index (χ4v) is 4.11. The number of hydrogen-bond donors (Lipinski definition) is 1. The molecule has 0 saturated heterocycles. The van der Waals surface area contributed by atoms with Gasteiger partial charge in [0.05, 0.1) is 17.5 Å². The van der Waals surface area contributed by atoms with Crippen LogP contribution in [0, 0.1) is 0 Å². The average molecular weight is 403 g/mol. The van der Waals surface area contributed by atoms with E-state index in [4.69, 9.17) is 0 Å². The predicted molar refractivity (Wildman–Crippen MR) is 106 cm³/mol. The van der Waals surface area contributed by atoms with E-state index in [9.17, 15) is 13.2 Å². The average Bonchev–Trinajstić information content (AvgIpc) is 3.27. The van der Waals surface area contributed by atoms with Crippen LogP contribution in [0.1, 0.15) is 10.4 Å². The Morgan fingerprint density at radius 1 is 1.04 bits per heavy atom. The summed E-state index contributed by atoms with van der Waals surface area (Å²) in [7, 11) is 0. The molecule has 2 aromatic carbocycles. The van der Waals surface area contributed by atoms with Gasteiger partial charge in [-0.1, -0.05) is 30.3 Å². The number of nitrogens with zero attached hydrogens (tertiary/aromatic N) is 2. The molecule has 0 saturated carbocycles. The molecule has 2 heterocycles. The van der Waals surface area contributed by atoms with Gasteiger partial charge in [-0.3, -0.25) is 5.43 Å². The lowest BCUT2D eigenvalue weighted by Gasteiger charge is -2.06. The summed E-state index contributed by atoms with van der Waals surface area (Å²) in [6.07, 6.45) is -2.61. The van der Waals surface area contributed by atoms with E-state index >= 15 is 0 Å². The van der Waals surface area contributed by atoms with E-state index in [-0.39, 0.29) is 0 Å². The van der Waals surface area contributed by atoms with Crippen LogP contribution >= 0.6 is 22.7 Å². The highest BCUT2D eigenvalue weighted by atomic mass is 32.1. The number of anilines is 1. The maximum atomic E-state index is 12.6. The third kappa shape index (κ3) is 4.01. The van der Waals surface area contributed by atoms with Crippen LogP contribution in [0.25, 0.3) is 21.3 Å². The molecule has 0 spiro atoms. The van der Waals surface area contributed by atoms with Crippen LogP contribution in [0.3, 0.4) is 0 Å². The Morgan fingerprint density at radius 3 is 2.56 bits per heavy atom. The number of benzene rings is 2. The van der Waals surface area contributed by atoms with Crippen LogP contribution in [0.15, 0.2) is 65.1 Å². The van der Waals surface area contributed by atoms with E-state index in [0.717, 1.165) is 17.0 Å². The number of nitrogens with one attached hydrogen (secondary N) is 1. The molecule has 27 heavy (non-hydrogen) atoms. The Bertz CT molecular complexity index is 1060. The highest BCUT2D eigenvalue weighted by Crippen LogP contribution is 2.32. The molecule has 136 valence electrons. The Morgan fingerprint density at radius 2 is 1.81 bits per heavy atom. The van der Waals surface area contributed by atoms with Crippen molar-refractivity contribution in [2.45, 2.75) is 6.18 Å². The normalized spacial score (nSPS) is 12.1. The topological polar surface area (TPSA) is 37.3 Å². The quantitative estimate of drug-likeness (QED) is 0.312. The Labute approximate surface area is 160 Å². The zero-order valence-corrected chi connectivity index (χ0v) is 15.3. The third-order valence-electron chi connectivity index (χ3n) is 3.81. The maximum absolute atomic E-state index is 12.6. The van der Waals surface area contributed by atoms with Crippen LogP contribution in [0.4, 0.5) is 18.3 Å². The van der Waals surface area contributed by atoms with Crippen LogP contribution in [0.2, 0.25) is 0 Å². The monoisotopic (exact) mass is 403 g/mol. The smallest absolute Gasteiger partial charge is 0.253 e. The van der Waals surface area contributed by atoms with Gasteiger partial charge in [0, 0.05) is 20.5 Å². The molecule has 0 aliphatic rings. The minimum absolute atomic E-state index is 0.572. The number of thiophene rings is 1. The Balaban J connectivity index is 1.44. The highest BCUT2D eigenvalue weighted by molar-refractivity contribution is 7.20. The second-order valence-corrected chi connectivity index (χ2v) is 7.64. The van der Waals surface area contributed by atoms with Crippen molar-refractivity contribution in [3.8, 4) is 11.3 Å². The number of alkyl halides is 3. The molecule has 0 bridgehead atoms. The van der Waals surface area contributed by atoms with Crippen molar-refractivity contribution in [2.75, 3.05) is 5.43 Å².